The quantitative estimate of drug-likeness (QED) is 0.184. The number of amides is 1. The lowest BCUT2D eigenvalue weighted by Gasteiger charge is -2.32. The van der Waals surface area contributed by atoms with Crippen LogP contribution in [0.2, 0.25) is 5.02 Å². The van der Waals surface area contributed by atoms with Gasteiger partial charge in [0.25, 0.3) is 6.17 Å². The highest BCUT2D eigenvalue weighted by atomic mass is 35.5. The standard InChI is InChI=1S/C32H25ClN4O3S/c1-21(38)36-27-17-9-6-14-24(27)29-30(39)34-32(41-20-23-13-5-8-16-26(23)33)35-37(29)31(36)25-15-7-10-18-28(25)40-19-22-11-3-2-4-12-22/h2-18,31H,19-20H2,1H3/p+1/t31-/m0/s1. The van der Waals surface area contributed by atoms with Crippen molar-refractivity contribution in [1.29, 1.82) is 0 Å². The number of anilines is 1. The molecule has 6 rings (SSSR count). The summed E-state index contributed by atoms with van der Waals surface area (Å²) in [7, 11) is 0. The molecule has 204 valence electrons. The fourth-order valence-corrected chi connectivity index (χ4v) is 6.12. The first-order valence-electron chi connectivity index (χ1n) is 13.1. The summed E-state index contributed by atoms with van der Waals surface area (Å²) in [5.74, 6) is 0.916. The SMILES string of the molecule is CC(=O)N1c2ccccc2-c2c(=O)[nH]c(SCc3ccccc3Cl)n[n+]2[C@H]1c1ccccc1OCc1ccccc1. The summed E-state index contributed by atoms with van der Waals surface area (Å²) in [6.07, 6.45) is -0.758. The van der Waals surface area contributed by atoms with Crippen molar-refractivity contribution in [3.63, 3.8) is 0 Å². The fraction of sp³-hybridized carbons (Fsp3) is 0.125. The Hall–Kier alpha value is -4.40. The third-order valence-corrected chi connectivity index (χ3v) is 8.14. The van der Waals surface area contributed by atoms with E-state index in [-0.39, 0.29) is 11.5 Å². The van der Waals surface area contributed by atoms with Crippen molar-refractivity contribution in [3.8, 4) is 17.0 Å². The van der Waals surface area contributed by atoms with E-state index in [1.165, 1.54) is 18.7 Å². The minimum Gasteiger partial charge on any atom is -0.488 e. The number of carbonyl (C=O) groups excluding carboxylic acids is 1. The number of H-pyrrole nitrogens is 1. The van der Waals surface area contributed by atoms with Crippen LogP contribution < -0.4 is 19.9 Å². The Labute approximate surface area is 246 Å². The molecule has 0 unspecified atom stereocenters. The number of fused-ring (bicyclic) bond motifs is 3. The molecule has 1 aliphatic rings. The van der Waals surface area contributed by atoms with Crippen molar-refractivity contribution in [1.82, 2.24) is 10.1 Å². The summed E-state index contributed by atoms with van der Waals surface area (Å²) in [6.45, 7) is 1.86. The Kier molecular flexibility index (Phi) is 7.59. The minimum atomic E-state index is -0.758. The zero-order valence-corrected chi connectivity index (χ0v) is 23.7. The molecule has 0 fully saturated rings. The van der Waals surface area contributed by atoms with Crippen LogP contribution in [0.5, 0.6) is 5.75 Å². The number of hydrogen-bond donors (Lipinski definition) is 1. The normalized spacial score (nSPS) is 13.8. The highest BCUT2D eigenvalue weighted by molar-refractivity contribution is 7.98. The first-order chi connectivity index (χ1) is 20.0. The van der Waals surface area contributed by atoms with Crippen LogP contribution in [-0.2, 0) is 17.2 Å². The number of ether oxygens (including phenoxy) is 1. The molecule has 7 nitrogen and oxygen atoms in total. The van der Waals surface area contributed by atoms with Gasteiger partial charge < -0.3 is 4.74 Å². The van der Waals surface area contributed by atoms with Crippen LogP contribution in [-0.4, -0.2) is 16.0 Å². The zero-order valence-electron chi connectivity index (χ0n) is 22.2. The minimum absolute atomic E-state index is 0.189. The number of rotatable bonds is 7. The number of halogens is 1. The van der Waals surface area contributed by atoms with E-state index < -0.39 is 6.17 Å². The second kappa shape index (κ2) is 11.6. The van der Waals surface area contributed by atoms with E-state index >= 15 is 0 Å². The fourth-order valence-electron chi connectivity index (χ4n) is 4.98. The lowest BCUT2D eigenvalue weighted by Crippen LogP contribution is -2.60. The second-order valence-corrected chi connectivity index (χ2v) is 10.9. The molecule has 9 heteroatoms. The number of nitrogens with zero attached hydrogens (tertiary/aromatic N) is 3. The van der Waals surface area contributed by atoms with Crippen molar-refractivity contribution in [3.05, 3.63) is 135 Å². The number of hydrogen-bond acceptors (Lipinski definition) is 5. The predicted octanol–water partition coefficient (Wildman–Crippen LogP) is 6.16. The van der Waals surface area contributed by atoms with E-state index in [0.29, 0.717) is 50.8 Å². The Morgan fingerprint density at radius 2 is 1.68 bits per heavy atom. The van der Waals surface area contributed by atoms with Gasteiger partial charge in [0.1, 0.15) is 12.4 Å². The average Bonchev–Trinajstić information content (AvgIpc) is 2.99. The van der Waals surface area contributed by atoms with E-state index in [9.17, 15) is 9.59 Å². The summed E-state index contributed by atoms with van der Waals surface area (Å²) < 4.78 is 7.94. The molecule has 2 heterocycles. The molecule has 0 aliphatic carbocycles. The van der Waals surface area contributed by atoms with Crippen LogP contribution >= 0.6 is 23.4 Å². The number of nitrogens with one attached hydrogen (secondary N) is 1. The van der Waals surface area contributed by atoms with E-state index in [4.69, 9.17) is 21.4 Å². The number of aromatic amines is 1. The third-order valence-electron chi connectivity index (χ3n) is 6.85. The number of aromatic nitrogens is 3. The van der Waals surface area contributed by atoms with Crippen LogP contribution in [0.1, 0.15) is 29.8 Å². The van der Waals surface area contributed by atoms with Gasteiger partial charge >= 0.3 is 11.3 Å². The van der Waals surface area contributed by atoms with Gasteiger partial charge in [0, 0.05) is 22.8 Å². The first kappa shape index (κ1) is 26.8. The number of para-hydroxylation sites is 2. The third kappa shape index (κ3) is 5.36. The maximum Gasteiger partial charge on any atom is 0.325 e. The van der Waals surface area contributed by atoms with E-state index in [2.05, 4.69) is 4.98 Å². The van der Waals surface area contributed by atoms with Crippen LogP contribution in [0.3, 0.4) is 0 Å². The second-order valence-electron chi connectivity index (χ2n) is 9.52. The molecule has 1 aromatic heterocycles. The summed E-state index contributed by atoms with van der Waals surface area (Å²) in [4.78, 5) is 31.6. The molecule has 1 aliphatic heterocycles. The monoisotopic (exact) mass is 581 g/mol. The highest BCUT2D eigenvalue weighted by Gasteiger charge is 2.46. The summed E-state index contributed by atoms with van der Waals surface area (Å²) in [5, 5.41) is 5.96. The topological polar surface area (TPSA) is 79.2 Å². The van der Waals surface area contributed by atoms with E-state index in [0.717, 1.165) is 11.1 Å². The lowest BCUT2D eigenvalue weighted by atomic mass is 10.0. The highest BCUT2D eigenvalue weighted by Crippen LogP contribution is 2.39. The Bertz CT molecular complexity index is 1790. The largest absolute Gasteiger partial charge is 0.488 e. The molecule has 0 bridgehead atoms. The number of benzene rings is 4. The van der Waals surface area contributed by atoms with Gasteiger partial charge in [-0.2, -0.15) is 0 Å². The molecule has 1 atom stereocenters. The molecule has 0 spiro atoms. The average molecular weight is 582 g/mol. The zero-order chi connectivity index (χ0) is 28.3. The maximum atomic E-state index is 13.7. The van der Waals surface area contributed by atoms with Crippen molar-refractivity contribution in [2.45, 2.75) is 30.6 Å². The molecule has 1 amide bonds. The van der Waals surface area contributed by atoms with Gasteiger partial charge in [-0.25, -0.2) is 4.90 Å². The van der Waals surface area contributed by atoms with Gasteiger partial charge in [0.05, 0.1) is 16.8 Å². The van der Waals surface area contributed by atoms with Gasteiger partial charge in [0.2, 0.25) is 11.1 Å². The number of carbonyl (C=O) groups is 1. The molecule has 41 heavy (non-hydrogen) atoms. The van der Waals surface area contributed by atoms with Crippen LogP contribution in [0, 0.1) is 0 Å². The summed E-state index contributed by atoms with van der Waals surface area (Å²) in [6, 6.07) is 32.4. The van der Waals surface area contributed by atoms with Crippen LogP contribution in [0.15, 0.2) is 113 Å². The van der Waals surface area contributed by atoms with E-state index in [1.54, 1.807) is 9.58 Å². The lowest BCUT2D eigenvalue weighted by molar-refractivity contribution is -0.763. The first-order valence-corrected chi connectivity index (χ1v) is 14.4. The van der Waals surface area contributed by atoms with Gasteiger partial charge in [0.15, 0.2) is 0 Å². The number of thioether (sulfide) groups is 1. The predicted molar refractivity (Wildman–Crippen MR) is 160 cm³/mol. The van der Waals surface area contributed by atoms with Gasteiger partial charge in [-0.1, -0.05) is 96.2 Å². The molecule has 5 aromatic rings. The van der Waals surface area contributed by atoms with Crippen molar-refractivity contribution in [2.75, 3.05) is 4.90 Å². The molecule has 0 saturated carbocycles. The van der Waals surface area contributed by atoms with Crippen LogP contribution in [0.25, 0.3) is 11.3 Å². The maximum absolute atomic E-state index is 13.7. The van der Waals surface area contributed by atoms with Gasteiger partial charge in [-0.05, 0) is 46.1 Å². The summed E-state index contributed by atoms with van der Waals surface area (Å²) in [5.41, 5.74) is 3.97. The molecule has 1 N–H and O–H groups in total. The molecule has 4 aromatic carbocycles. The van der Waals surface area contributed by atoms with Crippen molar-refractivity contribution < 1.29 is 14.2 Å². The van der Waals surface area contributed by atoms with Crippen molar-refractivity contribution >= 4 is 35.0 Å². The Balaban J connectivity index is 1.48. The molecular weight excluding hydrogens is 556 g/mol. The Morgan fingerprint density at radius 1 is 0.976 bits per heavy atom. The van der Waals surface area contributed by atoms with Crippen molar-refractivity contribution in [2.24, 2.45) is 0 Å². The molecule has 0 radical (unpaired) electrons. The molecular formula is C32H26ClN4O3S+. The summed E-state index contributed by atoms with van der Waals surface area (Å²) >= 11 is 7.74. The van der Waals surface area contributed by atoms with Crippen LogP contribution in [0.4, 0.5) is 5.69 Å². The van der Waals surface area contributed by atoms with Gasteiger partial charge in [-0.3, -0.25) is 14.6 Å². The van der Waals surface area contributed by atoms with E-state index in [1.807, 2.05) is 103 Å². The Morgan fingerprint density at radius 3 is 2.49 bits per heavy atom. The molecule has 0 saturated heterocycles. The smallest absolute Gasteiger partial charge is 0.325 e. The van der Waals surface area contributed by atoms with Gasteiger partial charge in [-0.15, -0.1) is 0 Å².